The monoisotopic (exact) mass is 424 g/mol. The Bertz CT molecular complexity index is 753. The number of amides is 2. The first-order chi connectivity index (χ1) is 13.5. The van der Waals surface area contributed by atoms with Crippen molar-refractivity contribution < 1.29 is 35.9 Å². The number of anilines is 1. The fourth-order valence-corrected chi connectivity index (χ4v) is 3.49. The van der Waals surface area contributed by atoms with E-state index >= 15 is 0 Å². The number of halogens is 6. The minimum absolute atomic E-state index is 0.0308. The molecule has 162 valence electrons. The summed E-state index contributed by atoms with van der Waals surface area (Å²) in [4.78, 5) is 26.0. The fourth-order valence-electron chi connectivity index (χ4n) is 3.49. The van der Waals surface area contributed by atoms with Gasteiger partial charge in [-0.1, -0.05) is 13.3 Å². The van der Waals surface area contributed by atoms with Crippen LogP contribution in [0.5, 0.6) is 0 Å². The molecule has 0 spiro atoms. The number of rotatable bonds is 6. The van der Waals surface area contributed by atoms with Gasteiger partial charge in [0, 0.05) is 12.5 Å². The number of hydrogen-bond donors (Lipinski definition) is 1. The largest absolute Gasteiger partial charge is 0.391 e. The Labute approximate surface area is 164 Å². The quantitative estimate of drug-likeness (QED) is 0.534. The molecule has 0 aliphatic heterocycles. The summed E-state index contributed by atoms with van der Waals surface area (Å²) in [6.45, 7) is 1.32. The van der Waals surface area contributed by atoms with Crippen LogP contribution in [0.4, 0.5) is 32.0 Å². The molecule has 2 rings (SSSR count). The van der Waals surface area contributed by atoms with Crippen molar-refractivity contribution in [1.82, 2.24) is 4.90 Å². The molecule has 29 heavy (non-hydrogen) atoms. The highest BCUT2D eigenvalue weighted by atomic mass is 19.4. The Morgan fingerprint density at radius 2 is 1.83 bits per heavy atom. The highest BCUT2D eigenvalue weighted by molar-refractivity contribution is 5.95. The Morgan fingerprint density at radius 1 is 1.14 bits per heavy atom. The summed E-state index contributed by atoms with van der Waals surface area (Å²) in [6.07, 6.45) is -3.74. The normalized spacial score (nSPS) is 19.7. The lowest BCUT2D eigenvalue weighted by Gasteiger charge is -2.33. The average molecular weight is 424 g/mol. The van der Waals surface area contributed by atoms with Gasteiger partial charge in [0.1, 0.15) is 0 Å². The lowest BCUT2D eigenvalue weighted by molar-refractivity contribution is -0.187. The first kappa shape index (κ1) is 23.0. The van der Waals surface area contributed by atoms with Crippen molar-refractivity contribution in [3.63, 3.8) is 0 Å². The van der Waals surface area contributed by atoms with Crippen LogP contribution in [0.25, 0.3) is 0 Å². The van der Waals surface area contributed by atoms with Gasteiger partial charge in [-0.05, 0) is 37.8 Å². The maximum atomic E-state index is 13.7. The van der Waals surface area contributed by atoms with Gasteiger partial charge in [0.15, 0.2) is 17.5 Å². The molecule has 4 nitrogen and oxygen atoms in total. The second kappa shape index (κ2) is 9.49. The molecule has 2 atom stereocenters. The van der Waals surface area contributed by atoms with Gasteiger partial charge in [-0.25, -0.2) is 13.2 Å². The van der Waals surface area contributed by atoms with E-state index in [0.29, 0.717) is 18.9 Å². The summed E-state index contributed by atoms with van der Waals surface area (Å²) in [5.41, 5.74) is -0.590. The maximum Gasteiger partial charge on any atom is 0.391 e. The summed E-state index contributed by atoms with van der Waals surface area (Å²) in [7, 11) is 0. The number of nitrogens with one attached hydrogen (secondary N) is 1. The van der Waals surface area contributed by atoms with Crippen molar-refractivity contribution in [2.24, 2.45) is 11.8 Å². The van der Waals surface area contributed by atoms with Gasteiger partial charge >= 0.3 is 6.18 Å². The number of nitrogens with zero attached hydrogens (tertiary/aromatic N) is 1. The van der Waals surface area contributed by atoms with Crippen LogP contribution >= 0.6 is 0 Å². The first-order valence-electron chi connectivity index (χ1n) is 9.33. The third-order valence-electron chi connectivity index (χ3n) is 4.94. The molecule has 1 fully saturated rings. The van der Waals surface area contributed by atoms with Gasteiger partial charge < -0.3 is 10.2 Å². The van der Waals surface area contributed by atoms with Crippen LogP contribution in [0.3, 0.4) is 0 Å². The minimum Gasteiger partial charge on any atom is -0.333 e. The van der Waals surface area contributed by atoms with Gasteiger partial charge in [0.2, 0.25) is 11.8 Å². The van der Waals surface area contributed by atoms with Crippen LogP contribution in [0, 0.1) is 29.3 Å². The van der Waals surface area contributed by atoms with E-state index in [1.165, 1.54) is 0 Å². The average Bonchev–Trinajstić information content (AvgIpc) is 2.67. The van der Waals surface area contributed by atoms with Crippen LogP contribution in [0.2, 0.25) is 0 Å². The maximum absolute atomic E-state index is 13.7. The van der Waals surface area contributed by atoms with Crippen molar-refractivity contribution in [3.8, 4) is 0 Å². The molecule has 0 bridgehead atoms. The van der Waals surface area contributed by atoms with Crippen molar-refractivity contribution in [3.05, 3.63) is 29.6 Å². The van der Waals surface area contributed by atoms with Gasteiger partial charge in [-0.2, -0.15) is 13.2 Å². The Morgan fingerprint density at radius 3 is 2.45 bits per heavy atom. The van der Waals surface area contributed by atoms with Crippen LogP contribution in [-0.2, 0) is 9.59 Å². The standard InChI is InChI=1S/C19H22F6N2O2/c1-2-8-27(18(29)11-4-3-5-12(9-11)19(23,24)25)10-15(28)26-14-7-6-13(20)16(21)17(14)22/h6-7,11-12H,2-5,8-10H2,1H3,(H,26,28)/t11-,12-/m1/s1. The third kappa shape index (κ3) is 5.86. The number of hydrogen-bond acceptors (Lipinski definition) is 2. The van der Waals surface area contributed by atoms with Gasteiger partial charge in [0.25, 0.3) is 0 Å². The van der Waals surface area contributed by atoms with E-state index in [2.05, 4.69) is 5.32 Å². The SMILES string of the molecule is CCCN(CC(=O)Nc1ccc(F)c(F)c1F)C(=O)[C@@H]1CCC[C@@H](C(F)(F)F)C1. The van der Waals surface area contributed by atoms with E-state index in [0.717, 1.165) is 11.0 Å². The van der Waals surface area contributed by atoms with Crippen molar-refractivity contribution >= 4 is 17.5 Å². The van der Waals surface area contributed by atoms with Crippen molar-refractivity contribution in [1.29, 1.82) is 0 Å². The molecular weight excluding hydrogens is 402 g/mol. The molecule has 0 radical (unpaired) electrons. The zero-order chi connectivity index (χ0) is 21.8. The summed E-state index contributed by atoms with van der Waals surface area (Å²) in [5.74, 6) is -8.58. The van der Waals surface area contributed by atoms with E-state index in [1.807, 2.05) is 0 Å². The molecule has 1 N–H and O–H groups in total. The predicted octanol–water partition coefficient (Wildman–Crippen LogP) is 4.65. The lowest BCUT2D eigenvalue weighted by Crippen LogP contribution is -2.44. The molecule has 0 heterocycles. The summed E-state index contributed by atoms with van der Waals surface area (Å²) >= 11 is 0. The second-order valence-corrected chi connectivity index (χ2v) is 7.13. The van der Waals surface area contributed by atoms with Crippen LogP contribution in [0.1, 0.15) is 39.0 Å². The molecule has 2 amide bonds. The van der Waals surface area contributed by atoms with E-state index in [-0.39, 0.29) is 25.8 Å². The molecule has 1 aliphatic rings. The zero-order valence-corrected chi connectivity index (χ0v) is 15.8. The van der Waals surface area contributed by atoms with Gasteiger partial charge in [-0.15, -0.1) is 0 Å². The smallest absolute Gasteiger partial charge is 0.333 e. The summed E-state index contributed by atoms with van der Waals surface area (Å²) in [5, 5.41) is 2.06. The number of benzene rings is 1. The molecule has 10 heteroatoms. The lowest BCUT2D eigenvalue weighted by atomic mass is 9.80. The predicted molar refractivity (Wildman–Crippen MR) is 93.3 cm³/mol. The van der Waals surface area contributed by atoms with E-state index < -0.39 is 59.5 Å². The highest BCUT2D eigenvalue weighted by Gasteiger charge is 2.44. The summed E-state index contributed by atoms with van der Waals surface area (Å²) < 4.78 is 78.9. The molecular formula is C19H22F6N2O2. The molecule has 1 aromatic carbocycles. The number of alkyl halides is 3. The Hall–Kier alpha value is -2.26. The van der Waals surface area contributed by atoms with E-state index in [4.69, 9.17) is 0 Å². The van der Waals surface area contributed by atoms with E-state index in [9.17, 15) is 35.9 Å². The van der Waals surface area contributed by atoms with Crippen molar-refractivity contribution in [2.45, 2.75) is 45.2 Å². The molecule has 0 saturated heterocycles. The minimum atomic E-state index is -4.38. The van der Waals surface area contributed by atoms with Gasteiger partial charge in [-0.3, -0.25) is 9.59 Å². The summed E-state index contributed by atoms with van der Waals surface area (Å²) in [6, 6.07) is 1.48. The fraction of sp³-hybridized carbons (Fsp3) is 0.579. The molecule has 0 unspecified atom stereocenters. The number of carbonyl (C=O) groups is 2. The van der Waals surface area contributed by atoms with Gasteiger partial charge in [0.05, 0.1) is 18.2 Å². The first-order valence-corrected chi connectivity index (χ1v) is 9.33. The molecule has 0 aromatic heterocycles. The van der Waals surface area contributed by atoms with Crippen LogP contribution in [0.15, 0.2) is 12.1 Å². The van der Waals surface area contributed by atoms with E-state index in [1.54, 1.807) is 6.92 Å². The number of carbonyl (C=O) groups excluding carboxylic acids is 2. The van der Waals surface area contributed by atoms with Crippen LogP contribution in [-0.4, -0.2) is 36.0 Å². The third-order valence-corrected chi connectivity index (χ3v) is 4.94. The highest BCUT2D eigenvalue weighted by Crippen LogP contribution is 2.40. The second-order valence-electron chi connectivity index (χ2n) is 7.13. The topological polar surface area (TPSA) is 49.4 Å². The zero-order valence-electron chi connectivity index (χ0n) is 15.8. The Kier molecular flexibility index (Phi) is 7.54. The van der Waals surface area contributed by atoms with Crippen molar-refractivity contribution in [2.75, 3.05) is 18.4 Å². The molecule has 1 saturated carbocycles. The van der Waals surface area contributed by atoms with Crippen LogP contribution < -0.4 is 5.32 Å². The Balaban J connectivity index is 2.06. The molecule has 1 aromatic rings. The molecule has 1 aliphatic carbocycles.